The van der Waals surface area contributed by atoms with Gasteiger partial charge in [-0.1, -0.05) is 19.1 Å². The van der Waals surface area contributed by atoms with E-state index in [1.54, 1.807) is 31.2 Å². The number of anilines is 1. The molecular weight excluding hydrogens is 397 g/mol. The fourth-order valence-electron chi connectivity index (χ4n) is 2.66. The van der Waals surface area contributed by atoms with Gasteiger partial charge in [0.1, 0.15) is 0 Å². The van der Waals surface area contributed by atoms with Crippen LogP contribution in [0, 0.1) is 0 Å². The molecule has 0 fully saturated rings. The maximum absolute atomic E-state index is 12.9. The van der Waals surface area contributed by atoms with Crippen LogP contribution in [0.3, 0.4) is 0 Å². The Morgan fingerprint density at radius 2 is 1.73 bits per heavy atom. The van der Waals surface area contributed by atoms with Crippen molar-refractivity contribution in [2.45, 2.75) is 39.5 Å². The number of hydrogen-bond acceptors (Lipinski definition) is 4. The molecule has 0 aliphatic rings. The minimum atomic E-state index is -4.42. The Morgan fingerprint density at radius 3 is 2.27 bits per heavy atom. The molecule has 6 nitrogen and oxygen atoms in total. The molecule has 9 heteroatoms. The molecule has 158 valence electrons. The Labute approximate surface area is 171 Å². The van der Waals surface area contributed by atoms with Gasteiger partial charge in [-0.3, -0.25) is 4.79 Å². The second-order valence-electron chi connectivity index (χ2n) is 6.82. The summed E-state index contributed by atoms with van der Waals surface area (Å²) >= 11 is 0. The zero-order chi connectivity index (χ0) is 21.9. The van der Waals surface area contributed by atoms with Gasteiger partial charge < -0.3 is 10.1 Å². The molecule has 1 N–H and O–H groups in total. The third-order valence-electron chi connectivity index (χ3n) is 4.12. The topological polar surface area (TPSA) is 69.0 Å². The number of carbonyl (C=O) groups is 1. The summed E-state index contributed by atoms with van der Waals surface area (Å²) in [6, 6.07) is 11.7. The molecule has 0 unspecified atom stereocenters. The highest BCUT2D eigenvalue weighted by atomic mass is 19.4. The summed E-state index contributed by atoms with van der Waals surface area (Å²) in [6.45, 7) is 5.40. The Hall–Kier alpha value is -3.36. The number of aromatic nitrogens is 3. The van der Waals surface area contributed by atoms with Gasteiger partial charge in [-0.25, -0.2) is 4.68 Å². The van der Waals surface area contributed by atoms with Crippen LogP contribution >= 0.6 is 0 Å². The van der Waals surface area contributed by atoms with Crippen molar-refractivity contribution in [3.8, 4) is 23.1 Å². The summed E-state index contributed by atoms with van der Waals surface area (Å²) in [5.74, 6) is 0.228. The van der Waals surface area contributed by atoms with E-state index < -0.39 is 11.7 Å². The van der Waals surface area contributed by atoms with Crippen LogP contribution in [0.15, 0.2) is 48.5 Å². The first-order valence-electron chi connectivity index (χ1n) is 9.39. The fourth-order valence-corrected chi connectivity index (χ4v) is 2.66. The Morgan fingerprint density at radius 1 is 1.10 bits per heavy atom. The molecule has 3 rings (SSSR count). The van der Waals surface area contributed by atoms with Crippen LogP contribution < -0.4 is 10.1 Å². The lowest BCUT2D eigenvalue weighted by Gasteiger charge is -2.09. The van der Waals surface area contributed by atoms with Crippen LogP contribution in [0.1, 0.15) is 32.8 Å². The highest BCUT2D eigenvalue weighted by molar-refractivity contribution is 5.90. The quantitative estimate of drug-likeness (QED) is 0.606. The van der Waals surface area contributed by atoms with E-state index >= 15 is 0 Å². The molecule has 0 saturated heterocycles. The lowest BCUT2D eigenvalue weighted by Crippen LogP contribution is -2.09. The van der Waals surface area contributed by atoms with E-state index in [1.165, 1.54) is 16.8 Å². The van der Waals surface area contributed by atoms with Gasteiger partial charge in [-0.15, -0.1) is 5.10 Å². The van der Waals surface area contributed by atoms with Gasteiger partial charge in [-0.05, 0) is 50.2 Å². The van der Waals surface area contributed by atoms with E-state index in [2.05, 4.69) is 15.4 Å². The number of nitrogens with zero attached hydrogens (tertiary/aromatic N) is 3. The van der Waals surface area contributed by atoms with Crippen LogP contribution in [0.25, 0.3) is 17.1 Å². The number of amides is 1. The van der Waals surface area contributed by atoms with Gasteiger partial charge in [0.15, 0.2) is 5.82 Å². The van der Waals surface area contributed by atoms with Gasteiger partial charge in [0.05, 0.1) is 17.4 Å². The molecule has 30 heavy (non-hydrogen) atoms. The molecule has 0 atom stereocenters. The minimum absolute atomic E-state index is 0.110. The summed E-state index contributed by atoms with van der Waals surface area (Å²) in [7, 11) is 0. The normalized spacial score (nSPS) is 11.6. The molecule has 0 saturated carbocycles. The van der Waals surface area contributed by atoms with E-state index in [0.29, 0.717) is 29.2 Å². The van der Waals surface area contributed by atoms with Gasteiger partial charge >= 0.3 is 12.2 Å². The zero-order valence-electron chi connectivity index (χ0n) is 16.7. The predicted molar refractivity (Wildman–Crippen MR) is 106 cm³/mol. The summed E-state index contributed by atoms with van der Waals surface area (Å²) in [5, 5.41) is 7.10. The fraction of sp³-hybridized carbons (Fsp3) is 0.286. The van der Waals surface area contributed by atoms with Gasteiger partial charge in [0.2, 0.25) is 5.91 Å². The van der Waals surface area contributed by atoms with Gasteiger partial charge in [-0.2, -0.15) is 18.2 Å². The Balaban J connectivity index is 1.99. The van der Waals surface area contributed by atoms with Crippen LogP contribution in [-0.4, -0.2) is 26.8 Å². The van der Waals surface area contributed by atoms with Crippen LogP contribution in [0.5, 0.6) is 6.01 Å². The van der Waals surface area contributed by atoms with Crippen molar-refractivity contribution in [1.29, 1.82) is 0 Å². The van der Waals surface area contributed by atoms with E-state index in [9.17, 15) is 18.0 Å². The molecule has 1 heterocycles. The van der Waals surface area contributed by atoms with E-state index in [1.807, 2.05) is 13.8 Å². The molecule has 0 spiro atoms. The van der Waals surface area contributed by atoms with Crippen LogP contribution in [0.2, 0.25) is 0 Å². The minimum Gasteiger partial charge on any atom is -0.460 e. The van der Waals surface area contributed by atoms with Crippen LogP contribution in [0.4, 0.5) is 18.9 Å². The molecule has 0 radical (unpaired) electrons. The number of halogens is 3. The molecular formula is C21H21F3N4O2. The van der Waals surface area contributed by atoms with E-state index in [-0.39, 0.29) is 18.0 Å². The maximum Gasteiger partial charge on any atom is 0.416 e. The Bertz CT molecular complexity index is 1010. The highest BCUT2D eigenvalue weighted by Gasteiger charge is 2.30. The molecule has 3 aromatic rings. The predicted octanol–water partition coefficient (Wildman–Crippen LogP) is 5.09. The molecule has 0 bridgehead atoms. The maximum atomic E-state index is 12.9. The zero-order valence-corrected chi connectivity index (χ0v) is 16.7. The number of alkyl halides is 3. The van der Waals surface area contributed by atoms with Gasteiger partial charge in [0, 0.05) is 17.7 Å². The summed E-state index contributed by atoms with van der Waals surface area (Å²) in [5.41, 5.74) is 0.954. The van der Waals surface area contributed by atoms with Crippen molar-refractivity contribution in [2.24, 2.45) is 0 Å². The molecule has 0 aliphatic carbocycles. The molecule has 2 aromatic carbocycles. The van der Waals surface area contributed by atoms with Crippen molar-refractivity contribution < 1.29 is 22.7 Å². The third-order valence-corrected chi connectivity index (χ3v) is 4.12. The smallest absolute Gasteiger partial charge is 0.416 e. The lowest BCUT2D eigenvalue weighted by molar-refractivity contribution is -0.137. The molecule has 1 amide bonds. The summed E-state index contributed by atoms with van der Waals surface area (Å²) < 4.78 is 45.7. The largest absolute Gasteiger partial charge is 0.460 e. The second-order valence-corrected chi connectivity index (χ2v) is 6.82. The van der Waals surface area contributed by atoms with Crippen molar-refractivity contribution in [2.75, 3.05) is 5.32 Å². The number of carbonyl (C=O) groups excluding carboxylic acids is 1. The standard InChI is InChI=1S/C21H21F3N4O2/c1-4-18(29)25-16-9-11-17(12-10-16)28-19(26-20(27-28)30-13(2)3)14-5-7-15(8-6-14)21(22,23)24/h5-13H,4H2,1-3H3,(H,25,29). The summed E-state index contributed by atoms with van der Waals surface area (Å²) in [6.07, 6.45) is -4.23. The first-order chi connectivity index (χ1) is 14.2. The second kappa shape index (κ2) is 8.56. The average molecular weight is 418 g/mol. The first kappa shape index (κ1) is 21.4. The average Bonchev–Trinajstić information content (AvgIpc) is 3.11. The third kappa shape index (κ3) is 4.97. The van der Waals surface area contributed by atoms with E-state index in [0.717, 1.165) is 12.1 Å². The highest BCUT2D eigenvalue weighted by Crippen LogP contribution is 2.31. The number of ether oxygens (including phenoxy) is 1. The number of hydrogen-bond donors (Lipinski definition) is 1. The van der Waals surface area contributed by atoms with Crippen LogP contribution in [-0.2, 0) is 11.0 Å². The van der Waals surface area contributed by atoms with Crippen molar-refractivity contribution >= 4 is 11.6 Å². The SMILES string of the molecule is CCC(=O)Nc1ccc(-n2nc(OC(C)C)nc2-c2ccc(C(F)(F)F)cc2)cc1. The summed E-state index contributed by atoms with van der Waals surface area (Å²) in [4.78, 5) is 15.9. The van der Waals surface area contributed by atoms with E-state index in [4.69, 9.17) is 4.74 Å². The molecule has 1 aromatic heterocycles. The van der Waals surface area contributed by atoms with Crippen molar-refractivity contribution in [1.82, 2.24) is 14.8 Å². The lowest BCUT2D eigenvalue weighted by atomic mass is 10.1. The Kier molecular flexibility index (Phi) is 6.09. The number of nitrogens with one attached hydrogen (secondary N) is 1. The van der Waals surface area contributed by atoms with Gasteiger partial charge in [0.25, 0.3) is 0 Å². The molecule has 0 aliphatic heterocycles. The number of rotatable bonds is 6. The monoisotopic (exact) mass is 418 g/mol. The first-order valence-corrected chi connectivity index (χ1v) is 9.39. The number of benzene rings is 2. The van der Waals surface area contributed by atoms with Crippen molar-refractivity contribution in [3.05, 3.63) is 54.1 Å². The van der Waals surface area contributed by atoms with Crippen molar-refractivity contribution in [3.63, 3.8) is 0 Å².